The monoisotopic (exact) mass is 289 g/mol. The molecular formula is C14H15N3O4. The van der Waals surface area contributed by atoms with Crippen LogP contribution in [0.1, 0.15) is 28.7 Å². The van der Waals surface area contributed by atoms with Gasteiger partial charge in [-0.2, -0.15) is 5.10 Å². The maximum Gasteiger partial charge on any atom is 0.363 e. The predicted octanol–water partition coefficient (Wildman–Crippen LogP) is 2.32. The highest BCUT2D eigenvalue weighted by Gasteiger charge is 2.31. The predicted molar refractivity (Wildman–Crippen MR) is 75.1 cm³/mol. The molecule has 0 unspecified atom stereocenters. The van der Waals surface area contributed by atoms with E-state index < -0.39 is 10.9 Å². The molecular weight excluding hydrogens is 274 g/mol. The summed E-state index contributed by atoms with van der Waals surface area (Å²) in [4.78, 5) is 22.6. The maximum absolute atomic E-state index is 12.0. The summed E-state index contributed by atoms with van der Waals surface area (Å²) in [5.74, 6) is -0.735. The molecule has 1 aromatic heterocycles. The van der Waals surface area contributed by atoms with Gasteiger partial charge in [-0.05, 0) is 19.4 Å². The molecule has 110 valence electrons. The lowest BCUT2D eigenvalue weighted by Gasteiger charge is -2.06. The van der Waals surface area contributed by atoms with Crippen LogP contribution in [0.15, 0.2) is 30.3 Å². The Balaban J connectivity index is 2.47. The Morgan fingerprint density at radius 3 is 2.62 bits per heavy atom. The number of carbonyl (C=O) groups excluding carboxylic acids is 1. The summed E-state index contributed by atoms with van der Waals surface area (Å²) in [7, 11) is 0. The average molecular weight is 289 g/mol. The summed E-state index contributed by atoms with van der Waals surface area (Å²) < 4.78 is 6.23. The molecule has 7 heteroatoms. The van der Waals surface area contributed by atoms with E-state index in [1.54, 1.807) is 6.92 Å². The van der Waals surface area contributed by atoms with Crippen molar-refractivity contribution >= 4 is 11.7 Å². The summed E-state index contributed by atoms with van der Waals surface area (Å²) >= 11 is 0. The molecule has 0 N–H and O–H groups in total. The molecule has 2 aromatic rings. The summed E-state index contributed by atoms with van der Waals surface area (Å²) in [6.07, 6.45) is 0. The summed E-state index contributed by atoms with van der Waals surface area (Å²) in [6.45, 7) is 3.56. The van der Waals surface area contributed by atoms with Crippen LogP contribution >= 0.6 is 0 Å². The molecule has 0 fully saturated rings. The molecule has 0 amide bonds. The van der Waals surface area contributed by atoms with Crippen LogP contribution in [0, 0.1) is 17.0 Å². The Labute approximate surface area is 121 Å². The van der Waals surface area contributed by atoms with E-state index in [1.165, 1.54) is 11.6 Å². The van der Waals surface area contributed by atoms with Gasteiger partial charge in [-0.3, -0.25) is 10.1 Å². The van der Waals surface area contributed by atoms with Gasteiger partial charge in [-0.1, -0.05) is 30.3 Å². The van der Waals surface area contributed by atoms with E-state index in [1.807, 2.05) is 30.3 Å². The summed E-state index contributed by atoms with van der Waals surface area (Å²) in [5, 5.41) is 15.3. The fourth-order valence-electron chi connectivity index (χ4n) is 2.06. The van der Waals surface area contributed by atoms with E-state index in [0.29, 0.717) is 0 Å². The normalized spacial score (nSPS) is 10.4. The van der Waals surface area contributed by atoms with Crippen molar-refractivity contribution < 1.29 is 14.5 Å². The third kappa shape index (κ3) is 3.07. The van der Waals surface area contributed by atoms with E-state index in [-0.39, 0.29) is 30.2 Å². The second-order valence-corrected chi connectivity index (χ2v) is 4.40. The zero-order valence-electron chi connectivity index (χ0n) is 11.8. The summed E-state index contributed by atoms with van der Waals surface area (Å²) in [6, 6.07) is 9.29. The van der Waals surface area contributed by atoms with Gasteiger partial charge in [-0.25, -0.2) is 9.48 Å². The molecule has 0 saturated heterocycles. The molecule has 0 aliphatic heterocycles. The van der Waals surface area contributed by atoms with E-state index in [9.17, 15) is 14.9 Å². The van der Waals surface area contributed by atoms with Crippen LogP contribution in [-0.4, -0.2) is 27.3 Å². The highest BCUT2D eigenvalue weighted by molar-refractivity contribution is 5.92. The molecule has 2 rings (SSSR count). The Morgan fingerprint density at radius 1 is 1.38 bits per heavy atom. The highest BCUT2D eigenvalue weighted by Crippen LogP contribution is 2.24. The molecule has 0 saturated carbocycles. The number of nitro groups is 1. The zero-order valence-corrected chi connectivity index (χ0v) is 11.8. The second-order valence-electron chi connectivity index (χ2n) is 4.40. The molecule has 0 bridgehead atoms. The lowest BCUT2D eigenvalue weighted by molar-refractivity contribution is -0.385. The molecule has 7 nitrogen and oxygen atoms in total. The number of carbonyl (C=O) groups is 1. The molecule has 0 aliphatic rings. The van der Waals surface area contributed by atoms with Crippen molar-refractivity contribution in [3.63, 3.8) is 0 Å². The highest BCUT2D eigenvalue weighted by atomic mass is 16.6. The van der Waals surface area contributed by atoms with Crippen LogP contribution < -0.4 is 0 Å². The number of ether oxygens (including phenoxy) is 1. The lowest BCUT2D eigenvalue weighted by atomic mass is 10.2. The van der Waals surface area contributed by atoms with E-state index in [0.717, 1.165) is 5.56 Å². The third-order valence-corrected chi connectivity index (χ3v) is 2.92. The number of aromatic nitrogens is 2. The Bertz CT molecular complexity index is 664. The van der Waals surface area contributed by atoms with Crippen molar-refractivity contribution in [1.29, 1.82) is 0 Å². The van der Waals surface area contributed by atoms with Crippen molar-refractivity contribution in [2.45, 2.75) is 20.4 Å². The van der Waals surface area contributed by atoms with Crippen molar-refractivity contribution in [3.05, 3.63) is 57.4 Å². The van der Waals surface area contributed by atoms with Gasteiger partial charge in [0.15, 0.2) is 0 Å². The Morgan fingerprint density at radius 2 is 2.05 bits per heavy atom. The fraction of sp³-hybridized carbons (Fsp3) is 0.286. The first-order valence-corrected chi connectivity index (χ1v) is 6.47. The van der Waals surface area contributed by atoms with Crippen LogP contribution in [0.4, 0.5) is 5.69 Å². The minimum atomic E-state index is -0.735. The van der Waals surface area contributed by atoms with E-state index in [4.69, 9.17) is 4.74 Å². The smallest absolute Gasteiger partial charge is 0.363 e. The number of rotatable bonds is 5. The lowest BCUT2D eigenvalue weighted by Crippen LogP contribution is -2.15. The molecule has 21 heavy (non-hydrogen) atoms. The first-order chi connectivity index (χ1) is 10.0. The van der Waals surface area contributed by atoms with Gasteiger partial charge in [-0.15, -0.1) is 0 Å². The average Bonchev–Trinajstić information content (AvgIpc) is 2.76. The minimum Gasteiger partial charge on any atom is -0.461 e. The van der Waals surface area contributed by atoms with Gasteiger partial charge in [0.2, 0.25) is 5.69 Å². The number of benzene rings is 1. The number of hydrogen-bond acceptors (Lipinski definition) is 5. The topological polar surface area (TPSA) is 87.3 Å². The molecule has 0 radical (unpaired) electrons. The van der Waals surface area contributed by atoms with Crippen molar-refractivity contribution in [3.8, 4) is 0 Å². The third-order valence-electron chi connectivity index (χ3n) is 2.92. The zero-order chi connectivity index (χ0) is 15.4. The maximum atomic E-state index is 12.0. The first-order valence-electron chi connectivity index (χ1n) is 6.47. The Kier molecular flexibility index (Phi) is 4.32. The van der Waals surface area contributed by atoms with Crippen molar-refractivity contribution in [2.24, 2.45) is 0 Å². The standard InChI is InChI=1S/C14H15N3O4/c1-3-21-14(18)13-12(17(19)20)10(2)15-16(13)9-11-7-5-4-6-8-11/h4-8H,3,9H2,1-2H3. The second kappa shape index (κ2) is 6.17. The quantitative estimate of drug-likeness (QED) is 0.479. The van der Waals surface area contributed by atoms with E-state index in [2.05, 4.69) is 5.10 Å². The number of esters is 1. The van der Waals surface area contributed by atoms with Crippen molar-refractivity contribution in [2.75, 3.05) is 6.61 Å². The van der Waals surface area contributed by atoms with E-state index >= 15 is 0 Å². The molecule has 1 heterocycles. The van der Waals surface area contributed by atoms with Gasteiger partial charge in [0.1, 0.15) is 5.69 Å². The van der Waals surface area contributed by atoms with Gasteiger partial charge in [0.25, 0.3) is 0 Å². The molecule has 0 aliphatic carbocycles. The summed E-state index contributed by atoms with van der Waals surface area (Å²) in [5.41, 5.74) is 0.659. The van der Waals surface area contributed by atoms with Gasteiger partial charge in [0, 0.05) is 0 Å². The molecule has 1 aromatic carbocycles. The Hall–Kier alpha value is -2.70. The van der Waals surface area contributed by atoms with Gasteiger partial charge >= 0.3 is 11.7 Å². The first kappa shape index (κ1) is 14.7. The van der Waals surface area contributed by atoms with Crippen LogP contribution in [0.5, 0.6) is 0 Å². The molecule has 0 atom stereocenters. The SMILES string of the molecule is CCOC(=O)c1c([N+](=O)[O-])c(C)nn1Cc1ccccc1. The van der Waals surface area contributed by atoms with Crippen molar-refractivity contribution in [1.82, 2.24) is 9.78 Å². The number of aryl methyl sites for hydroxylation is 1. The van der Waals surface area contributed by atoms with Gasteiger partial charge < -0.3 is 4.74 Å². The fourth-order valence-corrected chi connectivity index (χ4v) is 2.06. The number of hydrogen-bond donors (Lipinski definition) is 0. The molecule has 0 spiro atoms. The largest absolute Gasteiger partial charge is 0.461 e. The van der Waals surface area contributed by atoms with Crippen LogP contribution in [0.3, 0.4) is 0 Å². The van der Waals surface area contributed by atoms with Crippen LogP contribution in [-0.2, 0) is 11.3 Å². The minimum absolute atomic E-state index is 0.122. The van der Waals surface area contributed by atoms with Gasteiger partial charge in [0.05, 0.1) is 18.1 Å². The van der Waals surface area contributed by atoms with Crippen LogP contribution in [0.2, 0.25) is 0 Å². The number of nitrogens with zero attached hydrogens (tertiary/aromatic N) is 3. The van der Waals surface area contributed by atoms with Crippen LogP contribution in [0.25, 0.3) is 0 Å².